The SMILES string of the molecule is CCN(c1c[nH]c2ccccc12)[C@@H]1CCCN1C(=O)OC(C)(C)C. The number of carbonyl (C=O) groups is 1. The molecule has 3 rings (SSSR count). The minimum Gasteiger partial charge on any atom is -0.444 e. The van der Waals surface area contributed by atoms with Crippen molar-refractivity contribution in [3.63, 3.8) is 0 Å². The molecule has 0 saturated carbocycles. The molecule has 0 unspecified atom stereocenters. The number of nitrogens with one attached hydrogen (secondary N) is 1. The summed E-state index contributed by atoms with van der Waals surface area (Å²) in [6.07, 6.45) is 3.84. The molecule has 1 N–H and O–H groups in total. The third-order valence-electron chi connectivity index (χ3n) is 4.43. The van der Waals surface area contributed by atoms with Crippen molar-refractivity contribution in [3.05, 3.63) is 30.5 Å². The summed E-state index contributed by atoms with van der Waals surface area (Å²) in [5.41, 5.74) is 1.79. The van der Waals surface area contributed by atoms with Gasteiger partial charge >= 0.3 is 6.09 Å². The third kappa shape index (κ3) is 3.21. The number of likely N-dealkylation sites (tertiary alicyclic amines) is 1. The van der Waals surface area contributed by atoms with Crippen molar-refractivity contribution >= 4 is 22.7 Å². The standard InChI is InChI=1S/C19H27N3O2/c1-5-21(16-13-20-15-10-7-6-9-14(15)16)17-11-8-12-22(17)18(23)24-19(2,3)4/h6-7,9-10,13,17,20H,5,8,11-12H2,1-4H3/t17-/m0/s1. The fourth-order valence-electron chi connectivity index (χ4n) is 3.44. The van der Waals surface area contributed by atoms with E-state index in [1.807, 2.05) is 44.0 Å². The molecule has 5 heteroatoms. The van der Waals surface area contributed by atoms with Crippen molar-refractivity contribution in [2.45, 2.75) is 52.3 Å². The van der Waals surface area contributed by atoms with E-state index < -0.39 is 5.60 Å². The number of amides is 1. The molecule has 2 heterocycles. The molecule has 0 aliphatic carbocycles. The Labute approximate surface area is 143 Å². The molecule has 24 heavy (non-hydrogen) atoms. The second-order valence-corrected chi connectivity index (χ2v) is 7.30. The van der Waals surface area contributed by atoms with Gasteiger partial charge in [-0.1, -0.05) is 18.2 Å². The van der Waals surface area contributed by atoms with Crippen LogP contribution in [0.1, 0.15) is 40.5 Å². The van der Waals surface area contributed by atoms with Crippen LogP contribution in [0.5, 0.6) is 0 Å². The second kappa shape index (κ2) is 6.38. The van der Waals surface area contributed by atoms with Gasteiger partial charge in [0, 0.05) is 30.2 Å². The number of hydrogen-bond donors (Lipinski definition) is 1. The highest BCUT2D eigenvalue weighted by atomic mass is 16.6. The molecule has 2 aromatic rings. The van der Waals surface area contributed by atoms with Gasteiger partial charge in [-0.05, 0) is 46.6 Å². The number of hydrogen-bond acceptors (Lipinski definition) is 3. The van der Waals surface area contributed by atoms with E-state index >= 15 is 0 Å². The van der Waals surface area contributed by atoms with Crippen molar-refractivity contribution in [3.8, 4) is 0 Å². The first kappa shape index (κ1) is 16.7. The Hall–Kier alpha value is -2.17. The number of aromatic amines is 1. The average molecular weight is 329 g/mol. The van der Waals surface area contributed by atoms with Crippen molar-refractivity contribution in [1.82, 2.24) is 9.88 Å². The molecule has 1 aliphatic rings. The van der Waals surface area contributed by atoms with Crippen molar-refractivity contribution in [1.29, 1.82) is 0 Å². The van der Waals surface area contributed by atoms with E-state index in [2.05, 4.69) is 28.9 Å². The summed E-state index contributed by atoms with van der Waals surface area (Å²) >= 11 is 0. The lowest BCUT2D eigenvalue weighted by Crippen LogP contribution is -2.49. The quantitative estimate of drug-likeness (QED) is 0.910. The second-order valence-electron chi connectivity index (χ2n) is 7.30. The number of para-hydroxylation sites is 1. The van der Waals surface area contributed by atoms with Gasteiger partial charge in [0.15, 0.2) is 0 Å². The Kier molecular flexibility index (Phi) is 4.43. The molecule has 0 radical (unpaired) electrons. The van der Waals surface area contributed by atoms with Gasteiger partial charge in [0.1, 0.15) is 11.8 Å². The zero-order valence-electron chi connectivity index (χ0n) is 15.0. The van der Waals surface area contributed by atoms with Crippen LogP contribution in [-0.4, -0.2) is 40.8 Å². The van der Waals surface area contributed by atoms with Crippen LogP contribution in [-0.2, 0) is 4.74 Å². The van der Waals surface area contributed by atoms with Crippen LogP contribution in [0.2, 0.25) is 0 Å². The normalized spacial score (nSPS) is 18.2. The van der Waals surface area contributed by atoms with Gasteiger partial charge in [0.25, 0.3) is 0 Å². The Balaban J connectivity index is 1.88. The first-order valence-electron chi connectivity index (χ1n) is 8.73. The van der Waals surface area contributed by atoms with Crippen LogP contribution < -0.4 is 4.90 Å². The molecule has 1 aromatic heterocycles. The number of rotatable bonds is 3. The zero-order chi connectivity index (χ0) is 17.3. The predicted molar refractivity (Wildman–Crippen MR) is 97.3 cm³/mol. The van der Waals surface area contributed by atoms with Crippen LogP contribution in [0.4, 0.5) is 10.5 Å². The van der Waals surface area contributed by atoms with Crippen LogP contribution in [0.25, 0.3) is 10.9 Å². The lowest BCUT2D eigenvalue weighted by atomic mass is 10.2. The molecular weight excluding hydrogens is 302 g/mol. The molecule has 0 spiro atoms. The highest BCUT2D eigenvalue weighted by molar-refractivity contribution is 5.93. The summed E-state index contributed by atoms with van der Waals surface area (Å²) in [6.45, 7) is 9.45. The van der Waals surface area contributed by atoms with E-state index in [0.717, 1.165) is 37.1 Å². The molecule has 5 nitrogen and oxygen atoms in total. The topological polar surface area (TPSA) is 48.6 Å². The van der Waals surface area contributed by atoms with Gasteiger partial charge in [-0.25, -0.2) is 4.79 Å². The van der Waals surface area contributed by atoms with E-state index in [9.17, 15) is 4.79 Å². The third-order valence-corrected chi connectivity index (χ3v) is 4.43. The number of carbonyl (C=O) groups excluding carboxylic acids is 1. The first-order chi connectivity index (χ1) is 11.4. The van der Waals surface area contributed by atoms with Crippen LogP contribution in [0.3, 0.4) is 0 Å². The Morgan fingerprint density at radius 1 is 1.38 bits per heavy atom. The maximum atomic E-state index is 12.6. The van der Waals surface area contributed by atoms with Gasteiger partial charge < -0.3 is 14.6 Å². The molecular formula is C19H27N3O2. The first-order valence-corrected chi connectivity index (χ1v) is 8.73. The lowest BCUT2D eigenvalue weighted by molar-refractivity contribution is 0.0224. The summed E-state index contributed by atoms with van der Waals surface area (Å²) in [4.78, 5) is 20.1. The van der Waals surface area contributed by atoms with Gasteiger partial charge in [0.2, 0.25) is 0 Å². The van der Waals surface area contributed by atoms with Gasteiger partial charge in [-0.3, -0.25) is 4.90 Å². The number of benzene rings is 1. The molecule has 0 bridgehead atoms. The smallest absolute Gasteiger partial charge is 0.411 e. The van der Waals surface area contributed by atoms with Gasteiger partial charge in [-0.15, -0.1) is 0 Å². The summed E-state index contributed by atoms with van der Waals surface area (Å²) in [5.74, 6) is 0. The minimum absolute atomic E-state index is 0.0454. The van der Waals surface area contributed by atoms with E-state index in [-0.39, 0.29) is 12.3 Å². The fourth-order valence-corrected chi connectivity index (χ4v) is 3.44. The zero-order valence-corrected chi connectivity index (χ0v) is 15.0. The van der Waals surface area contributed by atoms with Crippen LogP contribution >= 0.6 is 0 Å². The molecule has 1 fully saturated rings. The summed E-state index contributed by atoms with van der Waals surface area (Å²) < 4.78 is 5.60. The van der Waals surface area contributed by atoms with E-state index in [1.165, 1.54) is 5.39 Å². The molecule has 1 amide bonds. The maximum absolute atomic E-state index is 12.6. The highest BCUT2D eigenvalue weighted by Gasteiger charge is 2.36. The maximum Gasteiger partial charge on any atom is 0.411 e. The molecule has 130 valence electrons. The number of anilines is 1. The highest BCUT2D eigenvalue weighted by Crippen LogP contribution is 2.32. The van der Waals surface area contributed by atoms with Crippen LogP contribution in [0.15, 0.2) is 30.5 Å². The number of ether oxygens (including phenoxy) is 1. The summed E-state index contributed by atoms with van der Waals surface area (Å²) in [6, 6.07) is 8.28. The monoisotopic (exact) mass is 329 g/mol. The van der Waals surface area contributed by atoms with Crippen molar-refractivity contribution in [2.24, 2.45) is 0 Å². The van der Waals surface area contributed by atoms with Crippen LogP contribution in [0, 0.1) is 0 Å². The number of nitrogens with zero attached hydrogens (tertiary/aromatic N) is 2. The Morgan fingerprint density at radius 3 is 2.83 bits per heavy atom. The minimum atomic E-state index is -0.470. The number of fused-ring (bicyclic) bond motifs is 1. The average Bonchev–Trinajstić information content (AvgIpc) is 3.14. The molecule has 1 aromatic carbocycles. The fraction of sp³-hybridized carbons (Fsp3) is 0.526. The molecule has 1 saturated heterocycles. The Morgan fingerprint density at radius 2 is 2.12 bits per heavy atom. The molecule has 1 aliphatic heterocycles. The molecule has 1 atom stereocenters. The predicted octanol–water partition coefficient (Wildman–Crippen LogP) is 4.35. The summed E-state index contributed by atoms with van der Waals surface area (Å²) in [5, 5.41) is 1.19. The van der Waals surface area contributed by atoms with E-state index in [0.29, 0.717) is 0 Å². The van der Waals surface area contributed by atoms with E-state index in [4.69, 9.17) is 4.74 Å². The summed E-state index contributed by atoms with van der Waals surface area (Å²) in [7, 11) is 0. The number of H-pyrrole nitrogens is 1. The number of aromatic nitrogens is 1. The van der Waals surface area contributed by atoms with Crippen molar-refractivity contribution < 1.29 is 9.53 Å². The van der Waals surface area contributed by atoms with Crippen molar-refractivity contribution in [2.75, 3.05) is 18.0 Å². The van der Waals surface area contributed by atoms with E-state index in [1.54, 1.807) is 0 Å². The van der Waals surface area contributed by atoms with Gasteiger partial charge in [0.05, 0.1) is 5.69 Å². The van der Waals surface area contributed by atoms with Gasteiger partial charge in [-0.2, -0.15) is 0 Å². The largest absolute Gasteiger partial charge is 0.444 e. The Bertz CT molecular complexity index is 717. The lowest BCUT2D eigenvalue weighted by Gasteiger charge is -2.36.